The summed E-state index contributed by atoms with van der Waals surface area (Å²) >= 11 is 0. The van der Waals surface area contributed by atoms with Gasteiger partial charge in [-0.1, -0.05) is 12.1 Å². The van der Waals surface area contributed by atoms with Crippen molar-refractivity contribution in [2.45, 2.75) is 32.0 Å². The fourth-order valence-electron chi connectivity index (χ4n) is 3.73. The van der Waals surface area contributed by atoms with Crippen molar-refractivity contribution in [3.8, 4) is 17.0 Å². The van der Waals surface area contributed by atoms with Crippen LogP contribution in [0.25, 0.3) is 21.9 Å². The standard InChI is InChI=1S/C24H23N5O3/c1-29-21(14-30)20(13-27-29)15-5-6-17-12-26-22(10-18(17)9-15)28-24(31)16-7-8-25-23(11-16)32-19-3-2-4-19/h5-13,19,30H,2-4,14H2,1H3,(H,26,28,31). The lowest BCUT2D eigenvalue weighted by Crippen LogP contribution is -2.25. The van der Waals surface area contributed by atoms with Gasteiger partial charge in [0.1, 0.15) is 11.9 Å². The van der Waals surface area contributed by atoms with E-state index in [0.29, 0.717) is 17.3 Å². The molecule has 8 nitrogen and oxygen atoms in total. The smallest absolute Gasteiger partial charge is 0.257 e. The Balaban J connectivity index is 1.38. The van der Waals surface area contributed by atoms with E-state index in [2.05, 4.69) is 20.4 Å². The zero-order chi connectivity index (χ0) is 22.1. The monoisotopic (exact) mass is 429 g/mol. The predicted molar refractivity (Wildman–Crippen MR) is 120 cm³/mol. The summed E-state index contributed by atoms with van der Waals surface area (Å²) in [5, 5.41) is 18.6. The van der Waals surface area contributed by atoms with Crippen LogP contribution in [0.4, 0.5) is 5.82 Å². The molecule has 0 spiro atoms. The summed E-state index contributed by atoms with van der Waals surface area (Å²) < 4.78 is 7.46. The second-order valence-corrected chi connectivity index (χ2v) is 7.93. The molecular formula is C24H23N5O3. The number of anilines is 1. The van der Waals surface area contributed by atoms with Gasteiger partial charge in [-0.25, -0.2) is 9.97 Å². The molecule has 0 radical (unpaired) electrons. The maximum Gasteiger partial charge on any atom is 0.257 e. The molecule has 4 aromatic rings. The molecule has 1 fully saturated rings. The second kappa shape index (κ2) is 8.39. The van der Waals surface area contributed by atoms with Crippen LogP contribution in [0.15, 0.2) is 55.0 Å². The molecule has 8 heteroatoms. The third-order valence-electron chi connectivity index (χ3n) is 5.82. The Morgan fingerprint density at radius 3 is 2.81 bits per heavy atom. The molecule has 3 aromatic heterocycles. The molecule has 0 unspecified atom stereocenters. The van der Waals surface area contributed by atoms with E-state index in [-0.39, 0.29) is 18.6 Å². The highest BCUT2D eigenvalue weighted by atomic mass is 16.5. The van der Waals surface area contributed by atoms with Gasteiger partial charge in [-0.3, -0.25) is 9.48 Å². The number of carbonyl (C=O) groups is 1. The van der Waals surface area contributed by atoms with Gasteiger partial charge in [0.05, 0.1) is 18.5 Å². The van der Waals surface area contributed by atoms with E-state index in [1.54, 1.807) is 42.5 Å². The largest absolute Gasteiger partial charge is 0.474 e. The van der Waals surface area contributed by atoms with Crippen molar-refractivity contribution < 1.29 is 14.6 Å². The van der Waals surface area contributed by atoms with Gasteiger partial charge in [-0.15, -0.1) is 0 Å². The number of benzene rings is 1. The minimum atomic E-state index is -0.274. The summed E-state index contributed by atoms with van der Waals surface area (Å²) in [5.74, 6) is 0.643. The normalized spacial score (nSPS) is 13.7. The van der Waals surface area contributed by atoms with E-state index < -0.39 is 0 Å². The summed E-state index contributed by atoms with van der Waals surface area (Å²) in [7, 11) is 1.80. The van der Waals surface area contributed by atoms with Crippen LogP contribution < -0.4 is 10.1 Å². The summed E-state index contributed by atoms with van der Waals surface area (Å²) in [6.07, 6.45) is 8.47. The summed E-state index contributed by atoms with van der Waals surface area (Å²) in [6.45, 7) is -0.0973. The number of carbonyl (C=O) groups excluding carboxylic acids is 1. The Labute approximate surface area is 184 Å². The maximum absolute atomic E-state index is 12.8. The van der Waals surface area contributed by atoms with Crippen molar-refractivity contribution in [2.75, 3.05) is 5.32 Å². The van der Waals surface area contributed by atoms with Gasteiger partial charge in [0.15, 0.2) is 0 Å². The van der Waals surface area contributed by atoms with Gasteiger partial charge in [0.2, 0.25) is 5.88 Å². The molecule has 162 valence electrons. The second-order valence-electron chi connectivity index (χ2n) is 7.93. The molecule has 1 amide bonds. The van der Waals surface area contributed by atoms with E-state index in [4.69, 9.17) is 4.74 Å². The van der Waals surface area contributed by atoms with E-state index in [1.807, 2.05) is 24.3 Å². The fourth-order valence-corrected chi connectivity index (χ4v) is 3.73. The van der Waals surface area contributed by atoms with Crippen molar-refractivity contribution in [3.05, 3.63) is 66.2 Å². The van der Waals surface area contributed by atoms with E-state index in [9.17, 15) is 9.90 Å². The van der Waals surface area contributed by atoms with Gasteiger partial charge in [-0.05, 0) is 48.4 Å². The zero-order valence-corrected chi connectivity index (χ0v) is 17.7. The number of aromatic nitrogens is 4. The lowest BCUT2D eigenvalue weighted by atomic mass is 9.96. The third-order valence-corrected chi connectivity index (χ3v) is 5.82. The Kier molecular flexibility index (Phi) is 5.28. The SMILES string of the molecule is Cn1ncc(-c2ccc3cnc(NC(=O)c4ccnc(OC5CCC5)c4)cc3c2)c1CO. The van der Waals surface area contributed by atoms with Crippen molar-refractivity contribution >= 4 is 22.5 Å². The number of hydrogen-bond acceptors (Lipinski definition) is 6. The number of nitrogens with one attached hydrogen (secondary N) is 1. The predicted octanol–water partition coefficient (Wildman–Crippen LogP) is 3.71. The minimum Gasteiger partial charge on any atom is -0.474 e. The highest BCUT2D eigenvalue weighted by molar-refractivity contribution is 6.04. The van der Waals surface area contributed by atoms with E-state index >= 15 is 0 Å². The highest BCUT2D eigenvalue weighted by Gasteiger charge is 2.20. The Bertz CT molecular complexity index is 1300. The van der Waals surface area contributed by atoms with Gasteiger partial charge >= 0.3 is 0 Å². The minimum absolute atomic E-state index is 0.0973. The van der Waals surface area contributed by atoms with Crippen LogP contribution in [0.1, 0.15) is 35.3 Å². The van der Waals surface area contributed by atoms with E-state index in [0.717, 1.165) is 40.4 Å². The van der Waals surface area contributed by atoms with Crippen molar-refractivity contribution in [1.29, 1.82) is 0 Å². The number of aliphatic hydroxyl groups excluding tert-OH is 1. The first kappa shape index (κ1) is 20.1. The molecule has 3 heterocycles. The summed E-state index contributed by atoms with van der Waals surface area (Å²) in [5.41, 5.74) is 3.01. The fraction of sp³-hybridized carbons (Fsp3) is 0.250. The zero-order valence-electron chi connectivity index (χ0n) is 17.7. The van der Waals surface area contributed by atoms with Crippen LogP contribution in [-0.2, 0) is 13.7 Å². The molecule has 1 aliphatic carbocycles. The third kappa shape index (κ3) is 3.92. The average molecular weight is 429 g/mol. The number of ether oxygens (including phenoxy) is 1. The number of fused-ring (bicyclic) bond motifs is 1. The van der Waals surface area contributed by atoms with Gasteiger partial charge in [-0.2, -0.15) is 5.10 Å². The molecule has 0 bridgehead atoms. The van der Waals surface area contributed by atoms with Crippen molar-refractivity contribution in [3.63, 3.8) is 0 Å². The number of hydrogen-bond donors (Lipinski definition) is 2. The van der Waals surface area contributed by atoms with Crippen molar-refractivity contribution in [2.24, 2.45) is 7.05 Å². The Morgan fingerprint density at radius 1 is 1.16 bits per heavy atom. The van der Waals surface area contributed by atoms with Gasteiger partial charge in [0.25, 0.3) is 5.91 Å². The van der Waals surface area contributed by atoms with Crippen LogP contribution >= 0.6 is 0 Å². The first-order chi connectivity index (χ1) is 15.6. The number of aryl methyl sites for hydroxylation is 1. The number of amides is 1. The van der Waals surface area contributed by atoms with Crippen LogP contribution in [0.2, 0.25) is 0 Å². The Morgan fingerprint density at radius 2 is 2.03 bits per heavy atom. The molecule has 32 heavy (non-hydrogen) atoms. The van der Waals surface area contributed by atoms with E-state index in [1.165, 1.54) is 6.42 Å². The molecule has 5 rings (SSSR count). The number of pyridine rings is 2. The maximum atomic E-state index is 12.8. The molecule has 1 saturated carbocycles. The first-order valence-electron chi connectivity index (χ1n) is 10.6. The topological polar surface area (TPSA) is 102 Å². The molecule has 2 N–H and O–H groups in total. The molecule has 0 atom stereocenters. The lowest BCUT2D eigenvalue weighted by Gasteiger charge is -2.25. The average Bonchev–Trinajstić information content (AvgIpc) is 3.16. The molecular weight excluding hydrogens is 406 g/mol. The van der Waals surface area contributed by atoms with Crippen LogP contribution in [-0.4, -0.2) is 36.9 Å². The quantitative estimate of drug-likeness (QED) is 0.485. The number of aliphatic hydroxyl groups is 1. The molecule has 0 saturated heterocycles. The number of nitrogens with zero attached hydrogens (tertiary/aromatic N) is 4. The van der Waals surface area contributed by atoms with Gasteiger partial charge in [0, 0.05) is 42.0 Å². The van der Waals surface area contributed by atoms with Gasteiger partial charge < -0.3 is 15.2 Å². The van der Waals surface area contributed by atoms with Crippen LogP contribution in [0.3, 0.4) is 0 Å². The summed E-state index contributed by atoms with van der Waals surface area (Å²) in [4.78, 5) is 21.3. The number of rotatable bonds is 6. The van der Waals surface area contributed by atoms with Crippen LogP contribution in [0.5, 0.6) is 5.88 Å². The van der Waals surface area contributed by atoms with Crippen LogP contribution in [0, 0.1) is 0 Å². The molecule has 1 aromatic carbocycles. The Hall–Kier alpha value is -3.78. The lowest BCUT2D eigenvalue weighted by molar-refractivity contribution is 0.101. The first-order valence-corrected chi connectivity index (χ1v) is 10.6. The summed E-state index contributed by atoms with van der Waals surface area (Å²) in [6, 6.07) is 11.1. The highest BCUT2D eigenvalue weighted by Crippen LogP contribution is 2.28. The molecule has 1 aliphatic rings. The molecule has 0 aliphatic heterocycles. The van der Waals surface area contributed by atoms with Crippen molar-refractivity contribution in [1.82, 2.24) is 19.7 Å².